The molecule has 1 atom stereocenters. The normalized spacial score (nSPS) is 13.3. The molecule has 1 heterocycles. The van der Waals surface area contributed by atoms with E-state index in [2.05, 4.69) is 15.5 Å². The number of benzene rings is 1. The third-order valence-corrected chi connectivity index (χ3v) is 4.45. The van der Waals surface area contributed by atoms with Gasteiger partial charge < -0.3 is 14.5 Å². The van der Waals surface area contributed by atoms with Crippen LogP contribution in [0.25, 0.3) is 0 Å². The van der Waals surface area contributed by atoms with Crippen LogP contribution in [0.2, 0.25) is 0 Å². The number of amides is 1. The molecule has 1 N–H and O–H groups in total. The predicted molar refractivity (Wildman–Crippen MR) is 89.4 cm³/mol. The van der Waals surface area contributed by atoms with Crippen molar-refractivity contribution < 1.29 is 26.8 Å². The maximum Gasteiger partial charge on any atom is 0.408 e. The second-order valence-corrected chi connectivity index (χ2v) is 8.53. The molecular formula is C16H20FN3O5S. The summed E-state index contributed by atoms with van der Waals surface area (Å²) in [5, 5.41) is 9.04. The van der Waals surface area contributed by atoms with Crippen LogP contribution in [0.3, 0.4) is 0 Å². The molecule has 0 saturated heterocycles. The summed E-state index contributed by atoms with van der Waals surface area (Å²) in [7, 11) is -3.95. The number of ether oxygens (including phenoxy) is 1. The SMILES string of the molecule is C[C@@H](NC(=O)OC(C)(C)C)c1nnc(S(=O)(=O)Cc2cccc(F)c2)o1. The number of alkyl carbamates (subject to hydrolysis) is 1. The molecule has 1 aromatic heterocycles. The van der Waals surface area contributed by atoms with Crippen molar-refractivity contribution in [2.45, 2.75) is 50.3 Å². The Morgan fingerprint density at radius 3 is 2.65 bits per heavy atom. The van der Waals surface area contributed by atoms with Crippen LogP contribution in [0, 0.1) is 5.82 Å². The van der Waals surface area contributed by atoms with Gasteiger partial charge in [0.05, 0.1) is 5.75 Å². The van der Waals surface area contributed by atoms with Crippen LogP contribution in [0.4, 0.5) is 9.18 Å². The topological polar surface area (TPSA) is 111 Å². The molecule has 0 spiro atoms. The molecule has 142 valence electrons. The minimum atomic E-state index is -3.95. The second kappa shape index (κ2) is 7.40. The van der Waals surface area contributed by atoms with Crippen LogP contribution < -0.4 is 5.32 Å². The Morgan fingerprint density at radius 2 is 2.04 bits per heavy atom. The van der Waals surface area contributed by atoms with Gasteiger partial charge in [0, 0.05) is 0 Å². The highest BCUT2D eigenvalue weighted by Gasteiger charge is 2.26. The number of nitrogens with one attached hydrogen (secondary N) is 1. The van der Waals surface area contributed by atoms with Gasteiger partial charge in [0.2, 0.25) is 15.7 Å². The van der Waals surface area contributed by atoms with Crippen molar-refractivity contribution in [1.82, 2.24) is 15.5 Å². The summed E-state index contributed by atoms with van der Waals surface area (Å²) in [5.74, 6) is -1.12. The molecule has 0 aliphatic heterocycles. The van der Waals surface area contributed by atoms with E-state index in [1.165, 1.54) is 18.2 Å². The Kier molecular flexibility index (Phi) is 5.65. The van der Waals surface area contributed by atoms with Crippen LogP contribution in [-0.2, 0) is 20.3 Å². The van der Waals surface area contributed by atoms with E-state index in [4.69, 9.17) is 9.15 Å². The van der Waals surface area contributed by atoms with Crippen molar-refractivity contribution in [3.8, 4) is 0 Å². The number of carbonyl (C=O) groups is 1. The summed E-state index contributed by atoms with van der Waals surface area (Å²) in [4.78, 5) is 11.7. The summed E-state index contributed by atoms with van der Waals surface area (Å²) < 4.78 is 48.1. The number of halogens is 1. The van der Waals surface area contributed by atoms with Crippen LogP contribution in [0.15, 0.2) is 33.9 Å². The minimum Gasteiger partial charge on any atom is -0.444 e. The smallest absolute Gasteiger partial charge is 0.408 e. The number of rotatable bonds is 5. The average Bonchev–Trinajstić information content (AvgIpc) is 2.95. The largest absolute Gasteiger partial charge is 0.444 e. The van der Waals surface area contributed by atoms with Gasteiger partial charge in [-0.1, -0.05) is 17.2 Å². The molecule has 0 saturated carbocycles. The summed E-state index contributed by atoms with van der Waals surface area (Å²) >= 11 is 0. The van der Waals surface area contributed by atoms with Crippen molar-refractivity contribution in [3.63, 3.8) is 0 Å². The number of aromatic nitrogens is 2. The van der Waals surface area contributed by atoms with E-state index in [-0.39, 0.29) is 11.5 Å². The fraction of sp³-hybridized carbons (Fsp3) is 0.438. The van der Waals surface area contributed by atoms with Gasteiger partial charge >= 0.3 is 11.3 Å². The van der Waals surface area contributed by atoms with Gasteiger partial charge in [-0.2, -0.15) is 0 Å². The summed E-state index contributed by atoms with van der Waals surface area (Å²) in [6, 6.07) is 4.46. The highest BCUT2D eigenvalue weighted by Crippen LogP contribution is 2.19. The molecule has 10 heteroatoms. The Labute approximate surface area is 150 Å². The van der Waals surface area contributed by atoms with Crippen LogP contribution in [0.5, 0.6) is 0 Å². The minimum absolute atomic E-state index is 0.0892. The first kappa shape index (κ1) is 19.8. The zero-order valence-corrected chi connectivity index (χ0v) is 15.6. The highest BCUT2D eigenvalue weighted by atomic mass is 32.2. The molecule has 0 aliphatic rings. The summed E-state index contributed by atoms with van der Waals surface area (Å²) in [6.07, 6.45) is -0.702. The first-order valence-corrected chi connectivity index (χ1v) is 9.41. The first-order valence-electron chi connectivity index (χ1n) is 7.76. The van der Waals surface area contributed by atoms with E-state index in [1.54, 1.807) is 27.7 Å². The predicted octanol–water partition coefficient (Wildman–Crippen LogP) is 2.77. The quantitative estimate of drug-likeness (QED) is 0.842. The van der Waals surface area contributed by atoms with Crippen LogP contribution in [0.1, 0.15) is 45.2 Å². The van der Waals surface area contributed by atoms with Crippen molar-refractivity contribution in [2.24, 2.45) is 0 Å². The molecule has 1 amide bonds. The molecule has 2 rings (SSSR count). The van der Waals surface area contributed by atoms with Gasteiger partial charge in [0.1, 0.15) is 17.5 Å². The molecule has 2 aromatic rings. The lowest BCUT2D eigenvalue weighted by Gasteiger charge is -2.20. The molecule has 0 radical (unpaired) electrons. The van der Waals surface area contributed by atoms with Crippen LogP contribution in [-0.4, -0.2) is 30.3 Å². The number of carbonyl (C=O) groups excluding carboxylic acids is 1. The Balaban J connectivity index is 2.09. The van der Waals surface area contributed by atoms with Crippen molar-refractivity contribution in [2.75, 3.05) is 0 Å². The molecule has 0 bridgehead atoms. The van der Waals surface area contributed by atoms with Gasteiger partial charge in [0.15, 0.2) is 0 Å². The number of sulfone groups is 1. The van der Waals surface area contributed by atoms with E-state index >= 15 is 0 Å². The van der Waals surface area contributed by atoms with Gasteiger partial charge in [-0.05, 0) is 45.4 Å². The second-order valence-electron chi connectivity index (χ2n) is 6.66. The zero-order valence-electron chi connectivity index (χ0n) is 14.8. The summed E-state index contributed by atoms with van der Waals surface area (Å²) in [5.41, 5.74) is -0.428. The van der Waals surface area contributed by atoms with Crippen molar-refractivity contribution in [3.05, 3.63) is 41.5 Å². The lowest BCUT2D eigenvalue weighted by atomic mass is 10.2. The molecule has 0 fully saturated rings. The Bertz CT molecular complexity index is 889. The monoisotopic (exact) mass is 385 g/mol. The van der Waals surface area contributed by atoms with Gasteiger partial charge in [-0.3, -0.25) is 0 Å². The fourth-order valence-corrected chi connectivity index (χ4v) is 3.09. The molecular weight excluding hydrogens is 365 g/mol. The summed E-state index contributed by atoms with van der Waals surface area (Å²) in [6.45, 7) is 6.67. The molecule has 0 unspecified atom stereocenters. The lowest BCUT2D eigenvalue weighted by molar-refractivity contribution is 0.0500. The highest BCUT2D eigenvalue weighted by molar-refractivity contribution is 7.90. The standard InChI is InChI=1S/C16H20FN3O5S/c1-10(18-14(21)25-16(2,3)4)13-19-20-15(24-13)26(22,23)9-11-6-5-7-12(17)8-11/h5-8,10H,9H2,1-4H3,(H,18,21)/t10-/m1/s1. The number of hydrogen-bond donors (Lipinski definition) is 1. The van der Waals surface area contributed by atoms with Gasteiger partial charge in [-0.25, -0.2) is 17.6 Å². The lowest BCUT2D eigenvalue weighted by Crippen LogP contribution is -2.34. The average molecular weight is 385 g/mol. The Morgan fingerprint density at radius 1 is 1.35 bits per heavy atom. The number of nitrogens with zero attached hydrogens (tertiary/aromatic N) is 2. The van der Waals surface area contributed by atoms with Crippen LogP contribution >= 0.6 is 0 Å². The van der Waals surface area contributed by atoms with Crippen molar-refractivity contribution >= 4 is 15.9 Å². The molecule has 8 nitrogen and oxygen atoms in total. The Hall–Kier alpha value is -2.49. The van der Waals surface area contributed by atoms with E-state index in [0.717, 1.165) is 6.07 Å². The molecule has 26 heavy (non-hydrogen) atoms. The van der Waals surface area contributed by atoms with Crippen molar-refractivity contribution in [1.29, 1.82) is 0 Å². The van der Waals surface area contributed by atoms with E-state index < -0.39 is 44.4 Å². The molecule has 0 aliphatic carbocycles. The maximum atomic E-state index is 13.2. The number of hydrogen-bond acceptors (Lipinski definition) is 7. The third-order valence-electron chi connectivity index (χ3n) is 3.04. The zero-order chi connectivity index (χ0) is 19.5. The first-order chi connectivity index (χ1) is 12.0. The van der Waals surface area contributed by atoms with E-state index in [9.17, 15) is 17.6 Å². The maximum absolute atomic E-state index is 13.2. The fourth-order valence-electron chi connectivity index (χ4n) is 1.98. The molecule has 1 aromatic carbocycles. The van der Waals surface area contributed by atoms with Gasteiger partial charge in [-0.15, -0.1) is 5.10 Å². The third kappa shape index (κ3) is 5.51. The van der Waals surface area contributed by atoms with Gasteiger partial charge in [0.25, 0.3) is 0 Å². The van der Waals surface area contributed by atoms with E-state index in [1.807, 2.05) is 0 Å². The van der Waals surface area contributed by atoms with E-state index in [0.29, 0.717) is 0 Å².